The molecule has 0 saturated heterocycles. The van der Waals surface area contributed by atoms with Crippen LogP contribution in [0.4, 0.5) is 5.69 Å². The van der Waals surface area contributed by atoms with Crippen LogP contribution in [0.15, 0.2) is 29.3 Å². The maximum absolute atomic E-state index is 5.47. The smallest absolute Gasteiger partial charge is 0.121 e. The molecule has 0 bridgehead atoms. The van der Waals surface area contributed by atoms with Crippen molar-refractivity contribution in [3.63, 3.8) is 0 Å². The van der Waals surface area contributed by atoms with E-state index in [2.05, 4.69) is 23.7 Å². The summed E-state index contributed by atoms with van der Waals surface area (Å²) in [6.45, 7) is 6.95. The summed E-state index contributed by atoms with van der Waals surface area (Å²) in [4.78, 5) is 6.72. The zero-order valence-electron chi connectivity index (χ0n) is 11.4. The fourth-order valence-corrected chi connectivity index (χ4v) is 1.69. The van der Waals surface area contributed by atoms with E-state index in [4.69, 9.17) is 4.74 Å². The van der Waals surface area contributed by atoms with Gasteiger partial charge in [0.1, 0.15) is 11.6 Å². The Balaban J connectivity index is 2.98. The molecule has 0 aliphatic carbocycles. The quantitative estimate of drug-likeness (QED) is 0.589. The SMILES string of the molecule is CCOc1cccc(N=C(C(C)C)N(C)C)c1. The van der Waals surface area contributed by atoms with Crippen molar-refractivity contribution in [3.05, 3.63) is 24.3 Å². The number of benzene rings is 1. The number of rotatable bonds is 4. The summed E-state index contributed by atoms with van der Waals surface area (Å²) < 4.78 is 5.47. The van der Waals surface area contributed by atoms with Crippen LogP contribution in [0.25, 0.3) is 0 Å². The molecular formula is C14H22N2O. The predicted molar refractivity (Wildman–Crippen MR) is 73.2 cm³/mol. The van der Waals surface area contributed by atoms with Crippen LogP contribution in [0, 0.1) is 5.92 Å². The van der Waals surface area contributed by atoms with Gasteiger partial charge >= 0.3 is 0 Å². The fraction of sp³-hybridized carbons (Fsp3) is 0.500. The summed E-state index contributed by atoms with van der Waals surface area (Å²) in [5.74, 6) is 2.34. The Kier molecular flexibility index (Phi) is 5.01. The molecule has 0 atom stereocenters. The molecule has 17 heavy (non-hydrogen) atoms. The minimum absolute atomic E-state index is 0.403. The predicted octanol–water partition coefficient (Wildman–Crippen LogP) is 3.33. The van der Waals surface area contributed by atoms with Crippen molar-refractivity contribution in [1.82, 2.24) is 4.90 Å². The first-order chi connectivity index (χ1) is 8.04. The van der Waals surface area contributed by atoms with Gasteiger partial charge in [-0.05, 0) is 19.1 Å². The number of amidine groups is 1. The second kappa shape index (κ2) is 6.28. The number of hydrogen-bond donors (Lipinski definition) is 0. The van der Waals surface area contributed by atoms with Crippen LogP contribution in [0.5, 0.6) is 5.75 Å². The van der Waals surface area contributed by atoms with Gasteiger partial charge in [-0.1, -0.05) is 19.9 Å². The Morgan fingerprint density at radius 3 is 2.59 bits per heavy atom. The van der Waals surface area contributed by atoms with E-state index in [1.54, 1.807) is 0 Å². The van der Waals surface area contributed by atoms with Gasteiger partial charge in [0, 0.05) is 26.1 Å². The number of ether oxygens (including phenoxy) is 1. The Bertz CT molecular complexity index is 374. The molecule has 0 N–H and O–H groups in total. The van der Waals surface area contributed by atoms with Gasteiger partial charge in [-0.3, -0.25) is 0 Å². The van der Waals surface area contributed by atoms with E-state index in [1.807, 2.05) is 45.3 Å². The molecule has 0 amide bonds. The first-order valence-corrected chi connectivity index (χ1v) is 6.03. The van der Waals surface area contributed by atoms with Crippen molar-refractivity contribution in [1.29, 1.82) is 0 Å². The highest BCUT2D eigenvalue weighted by Gasteiger charge is 2.07. The minimum Gasteiger partial charge on any atom is -0.494 e. The molecular weight excluding hydrogens is 212 g/mol. The lowest BCUT2D eigenvalue weighted by molar-refractivity contribution is 0.340. The molecule has 0 radical (unpaired) electrons. The first kappa shape index (κ1) is 13.6. The van der Waals surface area contributed by atoms with E-state index in [-0.39, 0.29) is 0 Å². The van der Waals surface area contributed by atoms with Crippen molar-refractivity contribution in [3.8, 4) is 5.75 Å². The van der Waals surface area contributed by atoms with E-state index in [0.29, 0.717) is 12.5 Å². The molecule has 3 nitrogen and oxygen atoms in total. The molecule has 0 fully saturated rings. The molecule has 0 aliphatic rings. The second-order valence-electron chi connectivity index (χ2n) is 4.45. The molecule has 0 saturated carbocycles. The summed E-state index contributed by atoms with van der Waals surface area (Å²) in [7, 11) is 4.04. The van der Waals surface area contributed by atoms with E-state index in [9.17, 15) is 0 Å². The number of aliphatic imine (C=N–C) groups is 1. The summed E-state index contributed by atoms with van der Waals surface area (Å²) in [5, 5.41) is 0. The van der Waals surface area contributed by atoms with Crippen LogP contribution in [0.1, 0.15) is 20.8 Å². The highest BCUT2D eigenvalue weighted by molar-refractivity contribution is 5.86. The molecule has 3 heteroatoms. The highest BCUT2D eigenvalue weighted by Crippen LogP contribution is 2.21. The summed E-state index contributed by atoms with van der Waals surface area (Å²) in [6, 6.07) is 7.88. The van der Waals surface area contributed by atoms with Crippen molar-refractivity contribution >= 4 is 11.5 Å². The molecule has 1 rings (SSSR count). The molecule has 0 spiro atoms. The van der Waals surface area contributed by atoms with Gasteiger partial charge in [-0.2, -0.15) is 0 Å². The van der Waals surface area contributed by atoms with Gasteiger partial charge in [0.25, 0.3) is 0 Å². The second-order valence-corrected chi connectivity index (χ2v) is 4.45. The maximum atomic E-state index is 5.47. The van der Waals surface area contributed by atoms with Crippen molar-refractivity contribution in [2.75, 3.05) is 20.7 Å². The lowest BCUT2D eigenvalue weighted by Gasteiger charge is -2.19. The Hall–Kier alpha value is -1.51. The van der Waals surface area contributed by atoms with Crippen LogP contribution in [0.3, 0.4) is 0 Å². The highest BCUT2D eigenvalue weighted by atomic mass is 16.5. The molecule has 1 aromatic carbocycles. The minimum atomic E-state index is 0.403. The molecule has 0 unspecified atom stereocenters. The van der Waals surface area contributed by atoms with Crippen molar-refractivity contribution < 1.29 is 4.74 Å². The summed E-state index contributed by atoms with van der Waals surface area (Å²) >= 11 is 0. The topological polar surface area (TPSA) is 24.8 Å². The van der Waals surface area contributed by atoms with E-state index in [1.165, 1.54) is 0 Å². The van der Waals surface area contributed by atoms with Crippen LogP contribution >= 0.6 is 0 Å². The first-order valence-electron chi connectivity index (χ1n) is 6.03. The van der Waals surface area contributed by atoms with Crippen LogP contribution in [0.2, 0.25) is 0 Å². The van der Waals surface area contributed by atoms with Crippen molar-refractivity contribution in [2.24, 2.45) is 10.9 Å². The molecule has 0 aliphatic heterocycles. The third-order valence-electron chi connectivity index (χ3n) is 2.35. The number of hydrogen-bond acceptors (Lipinski definition) is 2. The summed E-state index contributed by atoms with van der Waals surface area (Å²) in [6.07, 6.45) is 0. The average Bonchev–Trinajstić information content (AvgIpc) is 2.26. The third kappa shape index (κ3) is 4.10. The van der Waals surface area contributed by atoms with Gasteiger partial charge in [0.05, 0.1) is 12.3 Å². The lowest BCUT2D eigenvalue weighted by atomic mass is 10.2. The Morgan fingerprint density at radius 2 is 2.06 bits per heavy atom. The molecule has 1 aromatic rings. The lowest BCUT2D eigenvalue weighted by Crippen LogP contribution is -2.26. The van der Waals surface area contributed by atoms with Gasteiger partial charge in [-0.15, -0.1) is 0 Å². The van der Waals surface area contributed by atoms with Gasteiger partial charge < -0.3 is 9.64 Å². The monoisotopic (exact) mass is 234 g/mol. The largest absolute Gasteiger partial charge is 0.494 e. The standard InChI is InChI=1S/C14H22N2O/c1-6-17-13-9-7-8-12(10-13)15-14(11(2)3)16(4)5/h7-11H,6H2,1-5H3. The zero-order valence-corrected chi connectivity index (χ0v) is 11.4. The molecule has 0 aromatic heterocycles. The third-order valence-corrected chi connectivity index (χ3v) is 2.35. The van der Waals surface area contributed by atoms with E-state index >= 15 is 0 Å². The van der Waals surface area contributed by atoms with E-state index < -0.39 is 0 Å². The summed E-state index contributed by atoms with van der Waals surface area (Å²) in [5.41, 5.74) is 0.938. The number of nitrogens with zero attached hydrogens (tertiary/aromatic N) is 2. The van der Waals surface area contributed by atoms with Gasteiger partial charge in [0.2, 0.25) is 0 Å². The molecule has 94 valence electrons. The van der Waals surface area contributed by atoms with Gasteiger partial charge in [0.15, 0.2) is 0 Å². The van der Waals surface area contributed by atoms with Crippen LogP contribution in [-0.4, -0.2) is 31.4 Å². The van der Waals surface area contributed by atoms with Gasteiger partial charge in [-0.25, -0.2) is 4.99 Å². The molecule has 0 heterocycles. The van der Waals surface area contributed by atoms with Crippen molar-refractivity contribution in [2.45, 2.75) is 20.8 Å². The van der Waals surface area contributed by atoms with E-state index in [0.717, 1.165) is 17.3 Å². The Labute approximate surface area is 104 Å². The normalized spacial score (nSPS) is 11.8. The van der Waals surface area contributed by atoms with Crippen LogP contribution in [-0.2, 0) is 0 Å². The fourth-order valence-electron chi connectivity index (χ4n) is 1.69. The zero-order chi connectivity index (χ0) is 12.8. The maximum Gasteiger partial charge on any atom is 0.121 e. The van der Waals surface area contributed by atoms with Crippen LogP contribution < -0.4 is 4.74 Å². The average molecular weight is 234 g/mol. The Morgan fingerprint density at radius 1 is 1.35 bits per heavy atom.